The summed E-state index contributed by atoms with van der Waals surface area (Å²) in [4.78, 5) is 4.86. The number of aromatic nitrogens is 1. The molecule has 0 fully saturated rings. The first-order chi connectivity index (χ1) is 14.2. The summed E-state index contributed by atoms with van der Waals surface area (Å²) in [5.74, 6) is 1.11. The third-order valence-electron chi connectivity index (χ3n) is 6.11. The molecule has 0 saturated heterocycles. The van der Waals surface area contributed by atoms with Crippen LogP contribution in [0.25, 0.3) is 22.8 Å². The maximum atomic E-state index is 11.9. The lowest BCUT2D eigenvalue weighted by Gasteiger charge is -2.38. The van der Waals surface area contributed by atoms with Crippen LogP contribution in [0.4, 0.5) is 0 Å². The van der Waals surface area contributed by atoms with Gasteiger partial charge in [-0.05, 0) is 36.1 Å². The molecule has 0 amide bonds. The van der Waals surface area contributed by atoms with Gasteiger partial charge in [0, 0.05) is 17.0 Å². The molecule has 2 atom stereocenters. The second kappa shape index (κ2) is 7.02. The highest BCUT2D eigenvalue weighted by Gasteiger charge is 2.45. The van der Waals surface area contributed by atoms with Gasteiger partial charge in [0.1, 0.15) is 11.3 Å². The lowest BCUT2D eigenvalue weighted by molar-refractivity contribution is -0.00566. The van der Waals surface area contributed by atoms with E-state index in [1.54, 1.807) is 0 Å². The number of rotatable bonds is 3. The van der Waals surface area contributed by atoms with E-state index < -0.39 is 5.60 Å². The Morgan fingerprint density at radius 3 is 2.21 bits per heavy atom. The fourth-order valence-corrected chi connectivity index (χ4v) is 4.41. The van der Waals surface area contributed by atoms with Crippen LogP contribution in [0.2, 0.25) is 0 Å². The van der Waals surface area contributed by atoms with Crippen molar-refractivity contribution in [2.75, 3.05) is 0 Å². The molecule has 3 aromatic carbocycles. The Bertz CT molecular complexity index is 1130. The van der Waals surface area contributed by atoms with Crippen LogP contribution in [-0.4, -0.2) is 10.1 Å². The van der Waals surface area contributed by atoms with Crippen LogP contribution >= 0.6 is 0 Å². The third-order valence-corrected chi connectivity index (χ3v) is 6.11. The molecule has 1 aliphatic carbocycles. The summed E-state index contributed by atoms with van der Waals surface area (Å²) in [6, 6.07) is 28.2. The van der Waals surface area contributed by atoms with Gasteiger partial charge in [-0.25, -0.2) is 4.98 Å². The Hall–Kier alpha value is -3.17. The Morgan fingerprint density at radius 1 is 0.862 bits per heavy atom. The molecule has 0 spiro atoms. The second-order valence-electron chi connectivity index (χ2n) is 7.77. The molecule has 1 aliphatic rings. The average Bonchev–Trinajstić information content (AvgIpc) is 3.24. The average molecular weight is 381 g/mol. The molecule has 144 valence electrons. The van der Waals surface area contributed by atoms with E-state index in [1.165, 1.54) is 11.1 Å². The van der Waals surface area contributed by atoms with Crippen molar-refractivity contribution >= 4 is 0 Å². The fourth-order valence-electron chi connectivity index (χ4n) is 4.41. The predicted molar refractivity (Wildman–Crippen MR) is 114 cm³/mol. The largest absolute Gasteiger partial charge is 0.436 e. The summed E-state index contributed by atoms with van der Waals surface area (Å²) in [5.41, 5.74) is 3.86. The van der Waals surface area contributed by atoms with Gasteiger partial charge in [-0.3, -0.25) is 0 Å². The van der Waals surface area contributed by atoms with Crippen molar-refractivity contribution in [3.8, 4) is 22.8 Å². The van der Waals surface area contributed by atoms with Crippen LogP contribution in [0, 0.1) is 0 Å². The van der Waals surface area contributed by atoms with E-state index in [2.05, 4.69) is 25.1 Å². The van der Waals surface area contributed by atoms with Crippen LogP contribution in [0.1, 0.15) is 36.1 Å². The molecule has 0 saturated carbocycles. The lowest BCUT2D eigenvalue weighted by atomic mass is 9.70. The lowest BCUT2D eigenvalue weighted by Crippen LogP contribution is -2.37. The molecular weight excluding hydrogens is 358 g/mol. The van der Waals surface area contributed by atoms with Crippen LogP contribution in [-0.2, 0) is 12.0 Å². The van der Waals surface area contributed by atoms with Crippen molar-refractivity contribution in [2.45, 2.75) is 31.3 Å². The van der Waals surface area contributed by atoms with Gasteiger partial charge in [-0.2, -0.15) is 0 Å². The van der Waals surface area contributed by atoms with Gasteiger partial charge in [0.05, 0.1) is 0 Å². The Morgan fingerprint density at radius 2 is 1.48 bits per heavy atom. The molecule has 0 bridgehead atoms. The molecule has 5 rings (SSSR count). The number of fused-ring (bicyclic) bond motifs is 1. The summed E-state index contributed by atoms with van der Waals surface area (Å²) < 4.78 is 6.27. The smallest absolute Gasteiger partial charge is 0.227 e. The molecule has 2 unspecified atom stereocenters. The first-order valence-corrected chi connectivity index (χ1v) is 10.1. The third kappa shape index (κ3) is 2.99. The van der Waals surface area contributed by atoms with Gasteiger partial charge in [0.2, 0.25) is 5.89 Å². The zero-order valence-electron chi connectivity index (χ0n) is 16.4. The van der Waals surface area contributed by atoms with Gasteiger partial charge >= 0.3 is 0 Å². The summed E-state index contributed by atoms with van der Waals surface area (Å²) in [6.07, 6.45) is 1.44. The standard InChI is InChI=1S/C26H23NO2/c1-18-22-15-9-8-10-19(22)16-17-26(18,28)24-23(20-11-4-2-5-12-20)29-25(27-24)21-13-6-3-7-14-21/h2-15,18,28H,16-17H2,1H3. The van der Waals surface area contributed by atoms with E-state index in [1.807, 2.05) is 66.7 Å². The Balaban J connectivity index is 1.69. The molecular formula is C26H23NO2. The Kier molecular flexibility index (Phi) is 4.33. The number of aryl methyl sites for hydroxylation is 1. The quantitative estimate of drug-likeness (QED) is 0.477. The van der Waals surface area contributed by atoms with Gasteiger partial charge in [0.15, 0.2) is 5.76 Å². The fraction of sp³-hybridized carbons (Fsp3) is 0.192. The van der Waals surface area contributed by atoms with E-state index in [9.17, 15) is 5.11 Å². The zero-order chi connectivity index (χ0) is 19.8. The van der Waals surface area contributed by atoms with Gasteiger partial charge < -0.3 is 9.52 Å². The normalized spacial score (nSPS) is 21.0. The first-order valence-electron chi connectivity index (χ1n) is 10.1. The number of aliphatic hydroxyl groups is 1. The van der Waals surface area contributed by atoms with E-state index in [4.69, 9.17) is 9.40 Å². The van der Waals surface area contributed by atoms with E-state index in [0.29, 0.717) is 23.8 Å². The van der Waals surface area contributed by atoms with Crippen molar-refractivity contribution < 1.29 is 9.52 Å². The van der Waals surface area contributed by atoms with E-state index >= 15 is 0 Å². The molecule has 0 aliphatic heterocycles. The van der Waals surface area contributed by atoms with Crippen LogP contribution in [0.3, 0.4) is 0 Å². The minimum absolute atomic E-state index is 0.0800. The number of oxazole rings is 1. The molecule has 3 nitrogen and oxygen atoms in total. The van der Waals surface area contributed by atoms with Crippen molar-refractivity contribution in [2.24, 2.45) is 0 Å². The SMILES string of the molecule is CC1c2ccccc2CCC1(O)c1nc(-c2ccccc2)oc1-c1ccccc1. The highest BCUT2D eigenvalue weighted by atomic mass is 16.4. The predicted octanol–water partition coefficient (Wildman–Crippen LogP) is 5.95. The maximum Gasteiger partial charge on any atom is 0.227 e. The van der Waals surface area contributed by atoms with Crippen LogP contribution in [0.5, 0.6) is 0 Å². The molecule has 4 aromatic rings. The molecule has 1 aromatic heterocycles. The first kappa shape index (κ1) is 17.9. The van der Waals surface area contributed by atoms with Crippen molar-refractivity contribution in [1.29, 1.82) is 0 Å². The molecule has 3 heteroatoms. The topological polar surface area (TPSA) is 46.3 Å². The summed E-state index contributed by atoms with van der Waals surface area (Å²) >= 11 is 0. The molecule has 1 N–H and O–H groups in total. The number of hydrogen-bond acceptors (Lipinski definition) is 3. The molecule has 0 radical (unpaired) electrons. The van der Waals surface area contributed by atoms with Crippen molar-refractivity contribution in [3.63, 3.8) is 0 Å². The number of benzene rings is 3. The second-order valence-corrected chi connectivity index (χ2v) is 7.77. The van der Waals surface area contributed by atoms with Crippen molar-refractivity contribution in [3.05, 3.63) is 102 Å². The number of nitrogens with zero attached hydrogens (tertiary/aromatic N) is 1. The zero-order valence-corrected chi connectivity index (χ0v) is 16.4. The van der Waals surface area contributed by atoms with Gasteiger partial charge in [0.25, 0.3) is 0 Å². The summed E-state index contributed by atoms with van der Waals surface area (Å²) in [5, 5.41) is 11.9. The van der Waals surface area contributed by atoms with E-state index in [-0.39, 0.29) is 5.92 Å². The van der Waals surface area contributed by atoms with E-state index in [0.717, 1.165) is 17.5 Å². The van der Waals surface area contributed by atoms with Gasteiger partial charge in [-0.1, -0.05) is 79.7 Å². The molecule has 1 heterocycles. The van der Waals surface area contributed by atoms with Crippen molar-refractivity contribution in [1.82, 2.24) is 4.98 Å². The highest BCUT2D eigenvalue weighted by molar-refractivity contribution is 5.66. The minimum atomic E-state index is -1.09. The summed E-state index contributed by atoms with van der Waals surface area (Å²) in [6.45, 7) is 2.09. The van der Waals surface area contributed by atoms with Crippen LogP contribution < -0.4 is 0 Å². The molecule has 29 heavy (non-hydrogen) atoms. The minimum Gasteiger partial charge on any atom is -0.436 e. The van der Waals surface area contributed by atoms with Gasteiger partial charge in [-0.15, -0.1) is 0 Å². The van der Waals surface area contributed by atoms with Crippen LogP contribution in [0.15, 0.2) is 89.3 Å². The summed E-state index contributed by atoms with van der Waals surface area (Å²) in [7, 11) is 0. The monoisotopic (exact) mass is 381 g/mol. The highest BCUT2D eigenvalue weighted by Crippen LogP contribution is 2.48. The number of hydrogen-bond donors (Lipinski definition) is 1. The maximum absolute atomic E-state index is 11.9. The Labute approximate surface area is 170 Å².